The lowest BCUT2D eigenvalue weighted by molar-refractivity contribution is -0.142. The fourth-order valence-electron chi connectivity index (χ4n) is 4.74. The van der Waals surface area contributed by atoms with Gasteiger partial charge in [-0.2, -0.15) is 0 Å². The second-order valence-electron chi connectivity index (χ2n) is 8.96. The molecule has 0 saturated heterocycles. The van der Waals surface area contributed by atoms with Crippen LogP contribution in [0.15, 0.2) is 52.9 Å². The van der Waals surface area contributed by atoms with Crippen LogP contribution < -0.4 is 4.74 Å². The van der Waals surface area contributed by atoms with Gasteiger partial charge in [0, 0.05) is 29.9 Å². The lowest BCUT2D eigenvalue weighted by atomic mass is 9.94. The first kappa shape index (κ1) is 22.8. The van der Waals surface area contributed by atoms with Crippen molar-refractivity contribution in [2.45, 2.75) is 39.8 Å². The summed E-state index contributed by atoms with van der Waals surface area (Å²) in [6.45, 7) is 5.99. The summed E-state index contributed by atoms with van der Waals surface area (Å²) in [4.78, 5) is 30.4. The number of benzene rings is 2. The van der Waals surface area contributed by atoms with E-state index in [1.54, 1.807) is 13.2 Å². The topological polar surface area (TPSA) is 84.8 Å². The van der Waals surface area contributed by atoms with Crippen LogP contribution in [0.4, 0.5) is 0 Å². The molecule has 7 nitrogen and oxygen atoms in total. The molecule has 0 unspecified atom stereocenters. The molecule has 35 heavy (non-hydrogen) atoms. The molecule has 7 heteroatoms. The number of hydrogen-bond acceptors (Lipinski definition) is 5. The summed E-state index contributed by atoms with van der Waals surface area (Å²) in [7, 11) is 1.65. The Morgan fingerprint density at radius 3 is 2.66 bits per heavy atom. The van der Waals surface area contributed by atoms with Crippen LogP contribution in [0.1, 0.15) is 57.2 Å². The van der Waals surface area contributed by atoms with Crippen LogP contribution in [0, 0.1) is 13.8 Å². The molecule has 0 radical (unpaired) electrons. The van der Waals surface area contributed by atoms with Gasteiger partial charge in [-0.05, 0) is 79.4 Å². The fourth-order valence-corrected chi connectivity index (χ4v) is 4.74. The Morgan fingerprint density at radius 2 is 1.91 bits per heavy atom. The molecule has 0 spiro atoms. The third kappa shape index (κ3) is 4.18. The van der Waals surface area contributed by atoms with Crippen molar-refractivity contribution in [2.24, 2.45) is 0 Å². The molecule has 1 aliphatic heterocycles. The molecule has 4 aromatic rings. The lowest BCUT2D eigenvalue weighted by Gasteiger charge is -2.35. The largest absolute Gasteiger partial charge is 0.497 e. The molecule has 5 rings (SSSR count). The highest BCUT2D eigenvalue weighted by atomic mass is 16.5. The van der Waals surface area contributed by atoms with Gasteiger partial charge in [-0.15, -0.1) is 0 Å². The zero-order valence-electron chi connectivity index (χ0n) is 20.3. The number of furan rings is 1. The van der Waals surface area contributed by atoms with Crippen LogP contribution >= 0.6 is 0 Å². The monoisotopic (exact) mass is 472 g/mol. The van der Waals surface area contributed by atoms with E-state index in [4.69, 9.17) is 13.9 Å². The van der Waals surface area contributed by atoms with E-state index < -0.39 is 6.04 Å². The minimum atomic E-state index is -0.447. The molecule has 1 amide bonds. The molecular weight excluding hydrogens is 444 g/mol. The van der Waals surface area contributed by atoms with E-state index in [-0.39, 0.29) is 18.5 Å². The Hall–Kier alpha value is -4.00. The molecule has 0 aliphatic carbocycles. The van der Waals surface area contributed by atoms with Gasteiger partial charge < -0.3 is 23.8 Å². The summed E-state index contributed by atoms with van der Waals surface area (Å²) in [6.07, 6.45) is 0.705. The minimum absolute atomic E-state index is 0.0455. The van der Waals surface area contributed by atoms with Crippen LogP contribution in [0.3, 0.4) is 0 Å². The summed E-state index contributed by atoms with van der Waals surface area (Å²) in [6, 6.07) is 14.9. The predicted octanol–water partition coefficient (Wildman–Crippen LogP) is 5.24. The van der Waals surface area contributed by atoms with Crippen LogP contribution in [0.25, 0.3) is 10.9 Å². The number of nitrogens with zero attached hydrogens (tertiary/aromatic N) is 1. The third-order valence-electron chi connectivity index (χ3n) is 6.72. The van der Waals surface area contributed by atoms with Gasteiger partial charge in [0.2, 0.25) is 0 Å². The molecule has 1 aliphatic rings. The molecule has 0 bridgehead atoms. The summed E-state index contributed by atoms with van der Waals surface area (Å²) in [5.74, 6) is 1.49. The number of hydrogen-bond donors (Lipinski definition) is 1. The number of rotatable bonds is 5. The maximum atomic E-state index is 13.8. The van der Waals surface area contributed by atoms with Crippen molar-refractivity contribution >= 4 is 22.8 Å². The van der Waals surface area contributed by atoms with Gasteiger partial charge in [-0.25, -0.2) is 0 Å². The number of aromatic amines is 1. The second kappa shape index (κ2) is 8.98. The number of ether oxygens (including phenoxy) is 2. The molecule has 2 aromatic heterocycles. The van der Waals surface area contributed by atoms with E-state index in [1.165, 1.54) is 6.92 Å². The van der Waals surface area contributed by atoms with Crippen LogP contribution in [-0.2, 0) is 22.6 Å². The number of fused-ring (bicyclic) bond motifs is 3. The van der Waals surface area contributed by atoms with Crippen molar-refractivity contribution in [1.82, 2.24) is 9.88 Å². The maximum Gasteiger partial charge on any atom is 0.303 e. The standard InChI is InChI=1S/C28H28N2O5/c1-16-5-6-19(13-17(16)2)28(32)30-12-11-22-23-14-20(33-4)7-9-24(23)29-26(22)27(30)25-10-8-21(35-25)15-34-18(3)31/h5-10,13-14,27,29H,11-12,15H2,1-4H3/t27-/m0/s1. The van der Waals surface area contributed by atoms with Gasteiger partial charge in [-0.1, -0.05) is 6.07 Å². The zero-order valence-corrected chi connectivity index (χ0v) is 20.3. The van der Waals surface area contributed by atoms with E-state index in [1.807, 2.05) is 61.2 Å². The van der Waals surface area contributed by atoms with Gasteiger partial charge in [0.15, 0.2) is 0 Å². The molecule has 2 aromatic carbocycles. The Kier molecular flexibility index (Phi) is 5.84. The first-order valence-corrected chi connectivity index (χ1v) is 11.6. The number of nitrogens with one attached hydrogen (secondary N) is 1. The van der Waals surface area contributed by atoms with E-state index in [9.17, 15) is 9.59 Å². The third-order valence-corrected chi connectivity index (χ3v) is 6.72. The van der Waals surface area contributed by atoms with Crippen molar-refractivity contribution < 1.29 is 23.5 Å². The first-order chi connectivity index (χ1) is 16.9. The normalized spacial score (nSPS) is 15.2. The Labute approximate surface area is 203 Å². The van der Waals surface area contributed by atoms with Crippen LogP contribution in [-0.4, -0.2) is 35.4 Å². The zero-order chi connectivity index (χ0) is 24.7. The molecular formula is C28H28N2O5. The molecule has 0 fully saturated rings. The van der Waals surface area contributed by atoms with E-state index in [0.717, 1.165) is 39.0 Å². The lowest BCUT2D eigenvalue weighted by Crippen LogP contribution is -2.40. The summed E-state index contributed by atoms with van der Waals surface area (Å²) < 4.78 is 16.7. The number of amides is 1. The minimum Gasteiger partial charge on any atom is -0.497 e. The van der Waals surface area contributed by atoms with E-state index in [0.29, 0.717) is 30.0 Å². The number of carbonyl (C=O) groups excluding carboxylic acids is 2. The Bertz CT molecular complexity index is 1430. The quantitative estimate of drug-likeness (QED) is 0.402. The second-order valence-corrected chi connectivity index (χ2v) is 8.96. The highest BCUT2D eigenvalue weighted by Crippen LogP contribution is 2.40. The first-order valence-electron chi connectivity index (χ1n) is 11.6. The highest BCUT2D eigenvalue weighted by Gasteiger charge is 2.37. The van der Waals surface area contributed by atoms with Crippen molar-refractivity contribution in [2.75, 3.05) is 13.7 Å². The number of aromatic nitrogens is 1. The summed E-state index contributed by atoms with van der Waals surface area (Å²) in [5, 5.41) is 1.08. The van der Waals surface area contributed by atoms with E-state index >= 15 is 0 Å². The van der Waals surface area contributed by atoms with Crippen molar-refractivity contribution in [3.63, 3.8) is 0 Å². The van der Waals surface area contributed by atoms with Crippen molar-refractivity contribution in [3.05, 3.63) is 88.0 Å². The summed E-state index contributed by atoms with van der Waals surface area (Å²) in [5.41, 5.74) is 5.91. The fraction of sp³-hybridized carbons (Fsp3) is 0.286. The predicted molar refractivity (Wildman–Crippen MR) is 132 cm³/mol. The van der Waals surface area contributed by atoms with Crippen molar-refractivity contribution in [3.8, 4) is 5.75 Å². The smallest absolute Gasteiger partial charge is 0.303 e. The number of methoxy groups -OCH3 is 1. The van der Waals surface area contributed by atoms with Crippen LogP contribution in [0.5, 0.6) is 5.75 Å². The number of esters is 1. The Morgan fingerprint density at radius 1 is 1.09 bits per heavy atom. The molecule has 180 valence electrons. The number of aryl methyl sites for hydroxylation is 2. The van der Waals surface area contributed by atoms with Gasteiger partial charge in [0.25, 0.3) is 5.91 Å². The SMILES string of the molecule is COc1ccc2[nH]c3c(c2c1)CCN(C(=O)c1ccc(C)c(C)c1)[C@H]3c1ccc(COC(C)=O)o1. The average molecular weight is 473 g/mol. The molecule has 0 saturated carbocycles. The summed E-state index contributed by atoms with van der Waals surface area (Å²) >= 11 is 0. The van der Waals surface area contributed by atoms with Gasteiger partial charge in [-0.3, -0.25) is 9.59 Å². The Balaban J connectivity index is 1.60. The van der Waals surface area contributed by atoms with Crippen LogP contribution in [0.2, 0.25) is 0 Å². The van der Waals surface area contributed by atoms with Gasteiger partial charge in [0.05, 0.1) is 12.8 Å². The van der Waals surface area contributed by atoms with Gasteiger partial charge >= 0.3 is 5.97 Å². The maximum absolute atomic E-state index is 13.8. The number of H-pyrrole nitrogens is 1. The molecule has 1 N–H and O–H groups in total. The molecule has 3 heterocycles. The highest BCUT2D eigenvalue weighted by molar-refractivity contribution is 5.96. The average Bonchev–Trinajstić information content (AvgIpc) is 3.47. The molecule has 1 atom stereocenters. The van der Waals surface area contributed by atoms with Crippen molar-refractivity contribution in [1.29, 1.82) is 0 Å². The van der Waals surface area contributed by atoms with E-state index in [2.05, 4.69) is 4.98 Å². The number of carbonyl (C=O) groups is 2. The van der Waals surface area contributed by atoms with Gasteiger partial charge in [0.1, 0.15) is 29.9 Å².